The molecule has 0 N–H and O–H groups in total. The van der Waals surface area contributed by atoms with Gasteiger partial charge in [0.15, 0.2) is 10.9 Å². The quantitative estimate of drug-likeness (QED) is 0.233. The molecule has 0 radical (unpaired) electrons. The highest BCUT2D eigenvalue weighted by atomic mass is 32.1. The summed E-state index contributed by atoms with van der Waals surface area (Å²) < 4.78 is 4.26. The summed E-state index contributed by atoms with van der Waals surface area (Å²) in [4.78, 5) is 24.6. The third kappa shape index (κ3) is 4.08. The van der Waals surface area contributed by atoms with Gasteiger partial charge in [-0.15, -0.1) is 22.7 Å². The van der Waals surface area contributed by atoms with Crippen LogP contribution in [0.15, 0.2) is 94.5 Å². The molecule has 0 unspecified atom stereocenters. The standard InChI is InChI=1S/C15H12OS.C14H10OS/c1-2-10-7-8-14-12(9-10)15(16)11-5-3-4-6-13(11)17-14;1-9-6-7-13-11(8-9)14(15)10-4-2-3-5-12(10)16-13/h3-9H,2H2,1H3;2-8H,1H3. The molecular weight excluding hydrogens is 444 g/mol. The van der Waals surface area contributed by atoms with Crippen LogP contribution in [0.5, 0.6) is 0 Å². The van der Waals surface area contributed by atoms with E-state index < -0.39 is 0 Å². The van der Waals surface area contributed by atoms with Crippen molar-refractivity contribution in [1.29, 1.82) is 0 Å². The molecule has 0 aliphatic rings. The van der Waals surface area contributed by atoms with Gasteiger partial charge >= 0.3 is 0 Å². The smallest absolute Gasteiger partial charge is 0.195 e. The molecule has 0 spiro atoms. The molecule has 0 amide bonds. The van der Waals surface area contributed by atoms with Crippen molar-refractivity contribution < 1.29 is 0 Å². The number of rotatable bonds is 1. The van der Waals surface area contributed by atoms with Gasteiger partial charge in [0, 0.05) is 40.3 Å². The van der Waals surface area contributed by atoms with Crippen molar-refractivity contribution in [3.63, 3.8) is 0 Å². The van der Waals surface area contributed by atoms with Gasteiger partial charge in [0.25, 0.3) is 0 Å². The van der Waals surface area contributed by atoms with E-state index in [0.717, 1.165) is 52.3 Å². The summed E-state index contributed by atoms with van der Waals surface area (Å²) in [6.45, 7) is 4.12. The Bertz CT molecular complexity index is 1760. The largest absolute Gasteiger partial charge is 0.289 e. The third-order valence-electron chi connectivity index (χ3n) is 5.78. The normalized spacial score (nSPS) is 11.1. The van der Waals surface area contributed by atoms with Crippen molar-refractivity contribution in [2.75, 3.05) is 0 Å². The van der Waals surface area contributed by atoms with E-state index in [1.54, 1.807) is 22.7 Å². The molecule has 4 heteroatoms. The van der Waals surface area contributed by atoms with Crippen LogP contribution in [0.25, 0.3) is 40.3 Å². The van der Waals surface area contributed by atoms with Gasteiger partial charge in [-0.2, -0.15) is 0 Å². The van der Waals surface area contributed by atoms with Crippen molar-refractivity contribution in [2.45, 2.75) is 20.3 Å². The highest BCUT2D eigenvalue weighted by Gasteiger charge is 2.06. The number of hydrogen-bond acceptors (Lipinski definition) is 4. The zero-order chi connectivity index (χ0) is 22.9. The zero-order valence-corrected chi connectivity index (χ0v) is 20.1. The monoisotopic (exact) mass is 466 g/mol. The van der Waals surface area contributed by atoms with E-state index in [4.69, 9.17) is 0 Å². The molecule has 0 aliphatic heterocycles. The summed E-state index contributed by atoms with van der Waals surface area (Å²) in [6, 6.07) is 27.8. The topological polar surface area (TPSA) is 34.1 Å². The van der Waals surface area contributed by atoms with E-state index in [1.165, 1.54) is 5.56 Å². The van der Waals surface area contributed by atoms with Crippen LogP contribution in [0.3, 0.4) is 0 Å². The first kappa shape index (κ1) is 21.5. The van der Waals surface area contributed by atoms with Crippen LogP contribution in [0.1, 0.15) is 18.1 Å². The fourth-order valence-electron chi connectivity index (χ4n) is 3.99. The first-order valence-corrected chi connectivity index (χ1v) is 12.5. The summed E-state index contributed by atoms with van der Waals surface area (Å²) in [5.41, 5.74) is 2.65. The first-order chi connectivity index (χ1) is 16.0. The molecule has 0 saturated carbocycles. The second-order valence-electron chi connectivity index (χ2n) is 8.04. The zero-order valence-electron chi connectivity index (χ0n) is 18.4. The molecule has 2 aromatic heterocycles. The fraction of sp³-hybridized carbons (Fsp3) is 0.103. The van der Waals surface area contributed by atoms with Gasteiger partial charge in [0.05, 0.1) is 0 Å². The Balaban J connectivity index is 0.000000139. The lowest BCUT2D eigenvalue weighted by Crippen LogP contribution is -2.01. The number of fused-ring (bicyclic) bond motifs is 4. The lowest BCUT2D eigenvalue weighted by Gasteiger charge is -2.02. The molecule has 162 valence electrons. The van der Waals surface area contributed by atoms with Crippen LogP contribution in [0, 0.1) is 6.92 Å². The van der Waals surface area contributed by atoms with Crippen molar-refractivity contribution in [3.8, 4) is 0 Å². The SMILES string of the molecule is CCc1ccc2sc3ccccc3c(=O)c2c1.Cc1ccc2sc3ccccc3c(=O)c2c1. The predicted molar refractivity (Wildman–Crippen MR) is 145 cm³/mol. The van der Waals surface area contributed by atoms with Gasteiger partial charge in [0.2, 0.25) is 0 Å². The van der Waals surface area contributed by atoms with E-state index >= 15 is 0 Å². The number of aryl methyl sites for hydroxylation is 2. The summed E-state index contributed by atoms with van der Waals surface area (Å²) in [5.74, 6) is 0. The lowest BCUT2D eigenvalue weighted by molar-refractivity contribution is 1.15. The van der Waals surface area contributed by atoms with E-state index in [2.05, 4.69) is 19.1 Å². The second kappa shape index (κ2) is 8.89. The third-order valence-corrected chi connectivity index (χ3v) is 8.08. The van der Waals surface area contributed by atoms with Gasteiger partial charge < -0.3 is 0 Å². The molecule has 2 nitrogen and oxygen atoms in total. The van der Waals surface area contributed by atoms with Crippen molar-refractivity contribution in [3.05, 3.63) is 117 Å². The average molecular weight is 467 g/mol. The molecule has 4 aromatic carbocycles. The van der Waals surface area contributed by atoms with Gasteiger partial charge in [0.1, 0.15) is 0 Å². The minimum absolute atomic E-state index is 0.146. The van der Waals surface area contributed by atoms with Crippen LogP contribution in [0.4, 0.5) is 0 Å². The van der Waals surface area contributed by atoms with Crippen LogP contribution >= 0.6 is 22.7 Å². The van der Waals surface area contributed by atoms with Crippen molar-refractivity contribution in [2.24, 2.45) is 0 Å². The van der Waals surface area contributed by atoms with E-state index in [-0.39, 0.29) is 10.9 Å². The molecule has 0 aliphatic carbocycles. The highest BCUT2D eigenvalue weighted by molar-refractivity contribution is 7.24. The number of hydrogen-bond donors (Lipinski definition) is 0. The Morgan fingerprint density at radius 1 is 0.576 bits per heavy atom. The van der Waals surface area contributed by atoms with Gasteiger partial charge in [-0.05, 0) is 67.4 Å². The van der Waals surface area contributed by atoms with Crippen LogP contribution < -0.4 is 10.9 Å². The molecule has 2 heterocycles. The lowest BCUT2D eigenvalue weighted by atomic mass is 10.1. The van der Waals surface area contributed by atoms with Gasteiger partial charge in [-0.25, -0.2) is 0 Å². The molecule has 6 rings (SSSR count). The highest BCUT2D eigenvalue weighted by Crippen LogP contribution is 2.26. The molecular formula is C29H22O2S2. The maximum absolute atomic E-state index is 12.4. The second-order valence-corrected chi connectivity index (χ2v) is 10.2. The molecule has 0 saturated heterocycles. The van der Waals surface area contributed by atoms with E-state index in [9.17, 15) is 9.59 Å². The van der Waals surface area contributed by atoms with Crippen molar-refractivity contribution >= 4 is 63.0 Å². The molecule has 6 aromatic rings. The maximum Gasteiger partial charge on any atom is 0.195 e. The van der Waals surface area contributed by atoms with E-state index in [1.807, 2.05) is 79.7 Å². The maximum atomic E-state index is 12.4. The summed E-state index contributed by atoms with van der Waals surface area (Å²) >= 11 is 3.36. The van der Waals surface area contributed by atoms with Crippen LogP contribution in [-0.2, 0) is 6.42 Å². The first-order valence-electron chi connectivity index (χ1n) is 10.9. The average Bonchev–Trinajstić information content (AvgIpc) is 2.85. The van der Waals surface area contributed by atoms with Gasteiger partial charge in [-0.3, -0.25) is 9.59 Å². The molecule has 0 bridgehead atoms. The van der Waals surface area contributed by atoms with Crippen molar-refractivity contribution in [1.82, 2.24) is 0 Å². The van der Waals surface area contributed by atoms with Crippen LogP contribution in [-0.4, -0.2) is 0 Å². The Labute approximate surface area is 199 Å². The Morgan fingerprint density at radius 2 is 1.06 bits per heavy atom. The minimum Gasteiger partial charge on any atom is -0.289 e. The molecule has 0 atom stereocenters. The van der Waals surface area contributed by atoms with Gasteiger partial charge in [-0.1, -0.05) is 48.9 Å². The van der Waals surface area contributed by atoms with E-state index in [0.29, 0.717) is 0 Å². The summed E-state index contributed by atoms with van der Waals surface area (Å²) in [7, 11) is 0. The summed E-state index contributed by atoms with van der Waals surface area (Å²) in [6.07, 6.45) is 0.965. The molecule has 0 fully saturated rings. The minimum atomic E-state index is 0.146. The Kier molecular flexibility index (Phi) is 5.79. The summed E-state index contributed by atoms with van der Waals surface area (Å²) in [5, 5.41) is 3.35. The molecule has 33 heavy (non-hydrogen) atoms. The predicted octanol–water partition coefficient (Wildman–Crippen LogP) is 7.70. The van der Waals surface area contributed by atoms with Crippen LogP contribution in [0.2, 0.25) is 0 Å². The fourth-order valence-corrected chi connectivity index (χ4v) is 6.09. The number of benzene rings is 4. The Morgan fingerprint density at radius 3 is 1.64 bits per heavy atom. The Hall–Kier alpha value is -3.34.